The zero-order valence-electron chi connectivity index (χ0n) is 15.7. The number of hydrogen-bond acceptors (Lipinski definition) is 5. The fourth-order valence-electron chi connectivity index (χ4n) is 2.72. The molecule has 1 heterocycles. The lowest BCUT2D eigenvalue weighted by Gasteiger charge is -2.13. The molecule has 9 heteroatoms. The summed E-state index contributed by atoms with van der Waals surface area (Å²) >= 11 is 4.55. The van der Waals surface area contributed by atoms with E-state index >= 15 is 0 Å². The number of carboxylic acid groups (broad SMARTS) is 1. The molecule has 1 aliphatic rings. The lowest BCUT2D eigenvalue weighted by molar-refractivity contribution is -0.127. The number of amides is 2. The van der Waals surface area contributed by atoms with Crippen LogP contribution in [0.3, 0.4) is 0 Å². The van der Waals surface area contributed by atoms with Gasteiger partial charge in [0.2, 0.25) is 11.8 Å². The Hall–Kier alpha value is -2.91. The summed E-state index contributed by atoms with van der Waals surface area (Å²) in [5.41, 5.74) is 1.32. The second kappa shape index (κ2) is 9.73. The maximum Gasteiger partial charge on any atom is 0.335 e. The van der Waals surface area contributed by atoms with Gasteiger partial charge in [0, 0.05) is 23.1 Å². The van der Waals surface area contributed by atoms with E-state index in [9.17, 15) is 14.4 Å². The molecule has 0 saturated carbocycles. The Kier molecular flexibility index (Phi) is 7.07. The molecule has 2 aromatic rings. The standard InChI is InChI=1S/C21H18BrN3O4S/c1-2-11-25-19(27)17(12-18(26)23-15-9-5-14(22)6-10-15)30-21(25)24-16-7-3-13(4-8-16)20(28)29/h2-10,17H,1,11-12H2,(H,23,26)(H,28,29)/t17-/m0/s1. The van der Waals surface area contributed by atoms with Gasteiger partial charge in [-0.1, -0.05) is 33.8 Å². The van der Waals surface area contributed by atoms with Crippen LogP contribution in [-0.4, -0.2) is 44.8 Å². The van der Waals surface area contributed by atoms with Crippen molar-refractivity contribution in [3.05, 3.63) is 71.2 Å². The van der Waals surface area contributed by atoms with Gasteiger partial charge in [-0.25, -0.2) is 9.79 Å². The molecule has 30 heavy (non-hydrogen) atoms. The molecule has 1 aliphatic heterocycles. The van der Waals surface area contributed by atoms with E-state index < -0.39 is 11.2 Å². The first kappa shape index (κ1) is 21.8. The first-order chi connectivity index (χ1) is 14.4. The second-order valence-corrected chi connectivity index (χ2v) is 8.44. The average molecular weight is 488 g/mol. The number of nitrogens with one attached hydrogen (secondary N) is 1. The van der Waals surface area contributed by atoms with Gasteiger partial charge in [0.1, 0.15) is 5.25 Å². The van der Waals surface area contributed by atoms with Gasteiger partial charge >= 0.3 is 5.97 Å². The van der Waals surface area contributed by atoms with Gasteiger partial charge in [-0.2, -0.15) is 0 Å². The Morgan fingerprint density at radius 1 is 1.20 bits per heavy atom. The van der Waals surface area contributed by atoms with Crippen molar-refractivity contribution in [1.29, 1.82) is 0 Å². The zero-order chi connectivity index (χ0) is 21.7. The highest BCUT2D eigenvalue weighted by Crippen LogP contribution is 2.32. The first-order valence-corrected chi connectivity index (χ1v) is 10.6. The third kappa shape index (κ3) is 5.37. The summed E-state index contributed by atoms with van der Waals surface area (Å²) in [5, 5.41) is 11.6. The molecule has 1 atom stereocenters. The number of anilines is 1. The van der Waals surface area contributed by atoms with Gasteiger partial charge in [0.05, 0.1) is 11.3 Å². The average Bonchev–Trinajstić information content (AvgIpc) is 2.99. The summed E-state index contributed by atoms with van der Waals surface area (Å²) in [4.78, 5) is 42.1. The molecule has 2 amide bonds. The summed E-state index contributed by atoms with van der Waals surface area (Å²) in [6.45, 7) is 3.94. The number of amidine groups is 1. The van der Waals surface area contributed by atoms with E-state index in [0.717, 1.165) is 4.47 Å². The van der Waals surface area contributed by atoms with E-state index in [0.29, 0.717) is 16.5 Å². The molecule has 0 aromatic heterocycles. The van der Waals surface area contributed by atoms with Gasteiger partial charge < -0.3 is 10.4 Å². The van der Waals surface area contributed by atoms with Crippen molar-refractivity contribution in [2.75, 3.05) is 11.9 Å². The van der Waals surface area contributed by atoms with Crippen LogP contribution in [0.2, 0.25) is 0 Å². The van der Waals surface area contributed by atoms with Crippen LogP contribution >= 0.6 is 27.7 Å². The van der Waals surface area contributed by atoms with Crippen LogP contribution in [-0.2, 0) is 9.59 Å². The third-order valence-electron chi connectivity index (χ3n) is 4.17. The lowest BCUT2D eigenvalue weighted by atomic mass is 10.2. The number of halogens is 1. The summed E-state index contributed by atoms with van der Waals surface area (Å²) in [5.74, 6) is -1.51. The minimum absolute atomic E-state index is 0.00415. The van der Waals surface area contributed by atoms with Crippen LogP contribution < -0.4 is 5.32 Å². The monoisotopic (exact) mass is 487 g/mol. The van der Waals surface area contributed by atoms with Gasteiger partial charge in [-0.05, 0) is 48.5 Å². The molecule has 2 N–H and O–H groups in total. The molecule has 0 aliphatic carbocycles. The Balaban J connectivity index is 1.73. The van der Waals surface area contributed by atoms with Crippen LogP contribution in [0.4, 0.5) is 11.4 Å². The number of carbonyl (C=O) groups excluding carboxylic acids is 2. The largest absolute Gasteiger partial charge is 0.478 e. The number of nitrogens with zero attached hydrogens (tertiary/aromatic N) is 2. The molecule has 1 saturated heterocycles. The molecule has 1 fully saturated rings. The molecule has 0 bridgehead atoms. The van der Waals surface area contributed by atoms with Crippen LogP contribution in [0.5, 0.6) is 0 Å². The number of rotatable bonds is 7. The van der Waals surface area contributed by atoms with E-state index in [2.05, 4.69) is 32.8 Å². The molecule has 154 valence electrons. The van der Waals surface area contributed by atoms with Gasteiger partial charge in [-0.15, -0.1) is 6.58 Å². The Morgan fingerprint density at radius 3 is 2.47 bits per heavy atom. The minimum atomic E-state index is -1.02. The minimum Gasteiger partial charge on any atom is -0.478 e. The fourth-order valence-corrected chi connectivity index (χ4v) is 4.16. The van der Waals surface area contributed by atoms with E-state index in [4.69, 9.17) is 5.11 Å². The maximum atomic E-state index is 12.8. The molecular formula is C21H18BrN3O4S. The maximum absolute atomic E-state index is 12.8. The van der Waals surface area contributed by atoms with Crippen molar-refractivity contribution in [2.24, 2.45) is 4.99 Å². The number of aromatic carboxylic acids is 1. The Bertz CT molecular complexity index is 1010. The summed E-state index contributed by atoms with van der Waals surface area (Å²) in [6, 6.07) is 13.2. The number of carboxylic acids is 1. The van der Waals surface area contributed by atoms with Crippen LogP contribution in [0.15, 0.2) is 70.7 Å². The van der Waals surface area contributed by atoms with Crippen molar-refractivity contribution in [3.63, 3.8) is 0 Å². The number of carbonyl (C=O) groups is 3. The van der Waals surface area contributed by atoms with Gasteiger partial charge in [0.15, 0.2) is 5.17 Å². The van der Waals surface area contributed by atoms with E-state index in [1.54, 1.807) is 30.3 Å². The third-order valence-corrected chi connectivity index (χ3v) is 5.87. The smallest absolute Gasteiger partial charge is 0.335 e. The van der Waals surface area contributed by atoms with Crippen molar-refractivity contribution < 1.29 is 19.5 Å². The number of benzene rings is 2. The first-order valence-electron chi connectivity index (χ1n) is 8.94. The Labute approximate surface area is 186 Å². The van der Waals surface area contributed by atoms with Crippen LogP contribution in [0.25, 0.3) is 0 Å². The highest BCUT2D eigenvalue weighted by Gasteiger charge is 2.38. The summed E-state index contributed by atoms with van der Waals surface area (Å²) in [7, 11) is 0. The zero-order valence-corrected chi connectivity index (χ0v) is 18.1. The lowest BCUT2D eigenvalue weighted by Crippen LogP contribution is -2.33. The number of thioether (sulfide) groups is 1. The molecule has 7 nitrogen and oxygen atoms in total. The van der Waals surface area contributed by atoms with Crippen LogP contribution in [0, 0.1) is 0 Å². The van der Waals surface area contributed by atoms with Gasteiger partial charge in [0.25, 0.3) is 0 Å². The number of hydrogen-bond donors (Lipinski definition) is 2. The van der Waals surface area contributed by atoms with Crippen molar-refractivity contribution >= 4 is 62.0 Å². The fraction of sp³-hybridized carbons (Fsp3) is 0.143. The molecule has 3 rings (SSSR count). The van der Waals surface area contributed by atoms with E-state index in [1.807, 2.05) is 12.1 Å². The quantitative estimate of drug-likeness (QED) is 0.567. The topological polar surface area (TPSA) is 99.1 Å². The van der Waals surface area contributed by atoms with Crippen molar-refractivity contribution in [2.45, 2.75) is 11.7 Å². The highest BCUT2D eigenvalue weighted by molar-refractivity contribution is 9.10. The SMILES string of the molecule is C=CCN1C(=O)[C@H](CC(=O)Nc2ccc(Br)cc2)SC1=Nc1ccc(C(=O)O)cc1. The Morgan fingerprint density at radius 2 is 1.87 bits per heavy atom. The molecule has 2 aromatic carbocycles. The van der Waals surface area contributed by atoms with Crippen LogP contribution in [0.1, 0.15) is 16.8 Å². The molecule has 0 radical (unpaired) electrons. The molecule has 0 unspecified atom stereocenters. The van der Waals surface area contributed by atoms with Crippen molar-refractivity contribution in [1.82, 2.24) is 4.90 Å². The highest BCUT2D eigenvalue weighted by atomic mass is 79.9. The molecule has 0 spiro atoms. The van der Waals surface area contributed by atoms with E-state index in [-0.39, 0.29) is 30.3 Å². The van der Waals surface area contributed by atoms with Crippen molar-refractivity contribution in [3.8, 4) is 0 Å². The molecular weight excluding hydrogens is 470 g/mol. The predicted octanol–water partition coefficient (Wildman–Crippen LogP) is 4.29. The summed E-state index contributed by atoms with van der Waals surface area (Å²) < 4.78 is 0.902. The predicted molar refractivity (Wildman–Crippen MR) is 121 cm³/mol. The second-order valence-electron chi connectivity index (χ2n) is 6.35. The normalized spacial score (nSPS) is 17.2. The van der Waals surface area contributed by atoms with E-state index in [1.165, 1.54) is 28.8 Å². The van der Waals surface area contributed by atoms with Gasteiger partial charge in [-0.3, -0.25) is 14.5 Å². The summed E-state index contributed by atoms with van der Waals surface area (Å²) in [6.07, 6.45) is 1.59. The number of aliphatic imine (C=N–C) groups is 1.